The molecule has 0 saturated carbocycles. The van der Waals surface area contributed by atoms with Crippen molar-refractivity contribution in [2.75, 3.05) is 0 Å². The third kappa shape index (κ3) is 31.3. The van der Waals surface area contributed by atoms with Gasteiger partial charge in [-0.1, -0.05) is 0 Å². The number of hydrogen-bond acceptors (Lipinski definition) is 6. The molecule has 0 saturated heterocycles. The number of amides is 4. The Morgan fingerprint density at radius 1 is 0.824 bits per heavy atom. The Labute approximate surface area is 130 Å². The number of carbonyl (C=O) groups excluding carboxylic acids is 2. The van der Waals surface area contributed by atoms with Crippen LogP contribution in [0.3, 0.4) is 0 Å². The van der Waals surface area contributed by atoms with Gasteiger partial charge in [-0.25, -0.2) is 9.59 Å². The number of primary amides is 2. The molecule has 0 heterocycles. The van der Waals surface area contributed by atoms with Crippen LogP contribution in [0.25, 0.3) is 0 Å². The molecule has 8 N–H and O–H groups in total. The van der Waals surface area contributed by atoms with Gasteiger partial charge in [0.05, 0.1) is 0 Å². The van der Waals surface area contributed by atoms with Crippen LogP contribution in [0.15, 0.2) is 0 Å². The fraction of sp³-hybridized carbons (Fsp3) is 0. The Morgan fingerprint density at radius 2 is 1.06 bits per heavy atom. The molecule has 0 aliphatic rings. The minimum Gasteiger partial charge on any atom is -0.410 e. The van der Waals surface area contributed by atoms with E-state index in [2.05, 4.69) is 72.0 Å². The number of hydrazine groups is 2. The third-order valence-corrected chi connectivity index (χ3v) is 0.984. The molecule has 8 nitrogen and oxygen atoms in total. The first-order valence-corrected chi connectivity index (χ1v) is 4.94. The second kappa shape index (κ2) is 13.3. The van der Waals surface area contributed by atoms with Crippen molar-refractivity contribution in [3.05, 3.63) is 0 Å². The number of rotatable bonds is 0. The number of nitrogens with one attached hydrogen (secondary N) is 4. The van der Waals surface area contributed by atoms with E-state index in [4.69, 9.17) is 0 Å². The summed E-state index contributed by atoms with van der Waals surface area (Å²) in [6, 6.07) is -1.42. The van der Waals surface area contributed by atoms with Crippen molar-refractivity contribution < 1.29 is 26.7 Å². The number of urea groups is 2. The van der Waals surface area contributed by atoms with Gasteiger partial charge in [0.15, 0.2) is 0 Å². The average molecular weight is 356 g/mol. The second-order valence-electron chi connectivity index (χ2n) is 1.80. The molecule has 0 rings (SSSR count). The van der Waals surface area contributed by atoms with Crippen molar-refractivity contribution >= 4 is 70.4 Å². The summed E-state index contributed by atoms with van der Waals surface area (Å²) in [6.07, 6.45) is 0. The van der Waals surface area contributed by atoms with Crippen LogP contribution in [0.4, 0.5) is 9.59 Å². The standard InChI is InChI=1S/2C2H5N3OS2.Fe/c2*3-1(6)4-5-2(7)8;/h2*(H3,3,4,6)(H2,5,7,8);/q;;+2/p-2. The van der Waals surface area contributed by atoms with E-state index in [1.807, 2.05) is 10.9 Å². The van der Waals surface area contributed by atoms with Gasteiger partial charge < -0.3 is 72.0 Å². The van der Waals surface area contributed by atoms with Crippen LogP contribution in [-0.4, -0.2) is 20.7 Å². The molecule has 13 heteroatoms. The maximum absolute atomic E-state index is 9.85. The minimum absolute atomic E-state index is 0. The van der Waals surface area contributed by atoms with Crippen LogP contribution < -0.4 is 33.2 Å². The van der Waals surface area contributed by atoms with E-state index < -0.39 is 12.1 Å². The SMILES string of the molecule is NC(=O)NNC(=S)[S-].NC(=O)NNC(=S)[S-].[Fe+2]. The molecule has 0 atom stereocenters. The van der Waals surface area contributed by atoms with Crippen LogP contribution in [0, 0.1) is 0 Å². The fourth-order valence-corrected chi connectivity index (χ4v) is 0.429. The molecule has 0 aromatic rings. The summed E-state index contributed by atoms with van der Waals surface area (Å²) in [7, 11) is 0. The maximum atomic E-state index is 9.85. The van der Waals surface area contributed by atoms with Crippen molar-refractivity contribution in [3.8, 4) is 0 Å². The van der Waals surface area contributed by atoms with E-state index in [0.29, 0.717) is 0 Å². The van der Waals surface area contributed by atoms with E-state index in [9.17, 15) is 9.59 Å². The van der Waals surface area contributed by atoms with E-state index >= 15 is 0 Å². The van der Waals surface area contributed by atoms with Gasteiger partial charge in [0.2, 0.25) is 0 Å². The summed E-state index contributed by atoms with van der Waals surface area (Å²) in [6.45, 7) is 0. The first kappa shape index (κ1) is 21.6. The summed E-state index contributed by atoms with van der Waals surface area (Å²) in [5, 5.41) is 0. The Hall–Kier alpha value is -0.721. The summed E-state index contributed by atoms with van der Waals surface area (Å²) < 4.78 is 0.118. The Bertz CT molecular complexity index is 233. The Balaban J connectivity index is -0.000000218. The zero-order chi connectivity index (χ0) is 13.1. The number of hydrogen-bond donors (Lipinski definition) is 6. The quantitative estimate of drug-likeness (QED) is 0.127. The van der Waals surface area contributed by atoms with Crippen LogP contribution in [0.1, 0.15) is 0 Å². The average Bonchev–Trinajstić information content (AvgIpc) is 2.12. The zero-order valence-corrected chi connectivity index (χ0v) is 12.3. The van der Waals surface area contributed by atoms with E-state index in [1.165, 1.54) is 0 Å². The van der Waals surface area contributed by atoms with Crippen molar-refractivity contribution in [3.63, 3.8) is 0 Å². The van der Waals surface area contributed by atoms with E-state index in [-0.39, 0.29) is 25.7 Å². The van der Waals surface area contributed by atoms with Crippen molar-refractivity contribution in [1.82, 2.24) is 21.7 Å². The minimum atomic E-state index is -0.711. The first-order chi connectivity index (χ1) is 7.25. The van der Waals surface area contributed by atoms with Gasteiger partial charge in [-0.05, 0) is 8.64 Å². The Kier molecular flexibility index (Phi) is 16.9. The van der Waals surface area contributed by atoms with Gasteiger partial charge in [-0.3, -0.25) is 10.9 Å². The molecule has 4 amide bonds. The molecule has 0 bridgehead atoms. The maximum Gasteiger partial charge on any atom is 2.00 e. The zero-order valence-electron chi connectivity index (χ0n) is 7.96. The summed E-state index contributed by atoms with van der Waals surface area (Å²) in [5.41, 5.74) is 17.6. The topological polar surface area (TPSA) is 134 Å². The molecular formula is C4H8FeN6O2S4. The smallest absolute Gasteiger partial charge is 0.410 e. The second-order valence-corrected chi connectivity index (χ2v) is 3.95. The molecule has 98 valence electrons. The van der Waals surface area contributed by atoms with E-state index in [0.717, 1.165) is 0 Å². The third-order valence-electron chi connectivity index (χ3n) is 0.576. The molecule has 17 heavy (non-hydrogen) atoms. The van der Waals surface area contributed by atoms with Crippen molar-refractivity contribution in [1.29, 1.82) is 0 Å². The van der Waals surface area contributed by atoms with Gasteiger partial charge in [0.25, 0.3) is 0 Å². The summed E-state index contributed by atoms with van der Waals surface area (Å²) in [5.74, 6) is 0. The normalized spacial score (nSPS) is 7.06. The molecular weight excluding hydrogens is 348 g/mol. The first-order valence-electron chi connectivity index (χ1n) is 3.30. The van der Waals surface area contributed by atoms with E-state index in [1.54, 1.807) is 0 Å². The molecule has 0 aromatic heterocycles. The van der Waals surface area contributed by atoms with Gasteiger partial charge in [-0.2, -0.15) is 0 Å². The fourth-order valence-electron chi connectivity index (χ4n) is 0.225. The largest absolute Gasteiger partial charge is 2.00 e. The summed E-state index contributed by atoms with van der Waals surface area (Å²) >= 11 is 17.4. The predicted molar refractivity (Wildman–Crippen MR) is 71.6 cm³/mol. The number of nitrogens with two attached hydrogens (primary N) is 2. The van der Waals surface area contributed by atoms with Gasteiger partial charge in [0, 0.05) is 0 Å². The van der Waals surface area contributed by atoms with Gasteiger partial charge in [0.1, 0.15) is 0 Å². The number of carbonyl (C=O) groups is 2. The van der Waals surface area contributed by atoms with Crippen LogP contribution in [-0.2, 0) is 42.3 Å². The number of thiocarbonyl (C=S) groups is 2. The predicted octanol–water partition coefficient (Wildman–Crippen LogP) is -2.02. The monoisotopic (exact) mass is 356 g/mol. The van der Waals surface area contributed by atoms with Crippen LogP contribution in [0.5, 0.6) is 0 Å². The molecule has 0 aromatic carbocycles. The van der Waals surface area contributed by atoms with Crippen LogP contribution >= 0.6 is 24.4 Å². The molecule has 0 radical (unpaired) electrons. The van der Waals surface area contributed by atoms with Gasteiger partial charge in [-0.15, -0.1) is 0 Å². The van der Waals surface area contributed by atoms with Crippen molar-refractivity contribution in [2.45, 2.75) is 0 Å². The molecule has 0 unspecified atom stereocenters. The Morgan fingerprint density at radius 3 is 1.12 bits per heavy atom. The van der Waals surface area contributed by atoms with Crippen LogP contribution in [0.2, 0.25) is 0 Å². The molecule has 0 fully saturated rings. The van der Waals surface area contributed by atoms with Gasteiger partial charge >= 0.3 is 29.1 Å². The molecule has 0 aliphatic carbocycles. The van der Waals surface area contributed by atoms with Crippen molar-refractivity contribution in [2.24, 2.45) is 11.5 Å². The molecule has 0 spiro atoms. The molecule has 0 aliphatic heterocycles. The summed E-state index contributed by atoms with van der Waals surface area (Å²) in [4.78, 5) is 19.7.